The highest BCUT2D eigenvalue weighted by molar-refractivity contribution is 6.34. The van der Waals surface area contributed by atoms with Crippen molar-refractivity contribution in [1.29, 1.82) is 0 Å². The summed E-state index contributed by atoms with van der Waals surface area (Å²) in [6.07, 6.45) is 0. The number of carbonyl (C=O) groups is 5. The van der Waals surface area contributed by atoms with Crippen LogP contribution in [0.2, 0.25) is 0 Å². The minimum absolute atomic E-state index is 0.0165. The number of fused-ring (bicyclic) bond motifs is 1. The number of ether oxygens (including phenoxy) is 2. The van der Waals surface area contributed by atoms with Crippen molar-refractivity contribution in [2.75, 3.05) is 29.3 Å². The second-order valence-corrected chi connectivity index (χ2v) is 7.76. The Kier molecular flexibility index (Phi) is 6.77. The number of amides is 4. The third-order valence-corrected chi connectivity index (χ3v) is 5.28. The average molecular weight is 487 g/mol. The molecule has 4 amide bonds. The molecule has 4 rings (SSSR count). The Morgan fingerprint density at radius 1 is 0.861 bits per heavy atom. The zero-order valence-corrected chi connectivity index (χ0v) is 19.4. The molecule has 0 radical (unpaired) electrons. The Morgan fingerprint density at radius 3 is 2.25 bits per heavy atom. The molecular weight excluding hydrogens is 466 g/mol. The van der Waals surface area contributed by atoms with Gasteiger partial charge in [0.2, 0.25) is 5.91 Å². The van der Waals surface area contributed by atoms with Crippen LogP contribution >= 0.6 is 0 Å². The Labute approximate surface area is 205 Å². The summed E-state index contributed by atoms with van der Waals surface area (Å²) in [5.74, 6) is -2.35. The Bertz CT molecular complexity index is 1380. The van der Waals surface area contributed by atoms with E-state index in [9.17, 15) is 24.0 Å². The van der Waals surface area contributed by atoms with Gasteiger partial charge in [0.1, 0.15) is 5.75 Å². The minimum atomic E-state index is -0.827. The lowest BCUT2D eigenvalue weighted by atomic mass is 10.1. The van der Waals surface area contributed by atoms with E-state index < -0.39 is 30.3 Å². The molecule has 10 heteroatoms. The fourth-order valence-electron chi connectivity index (χ4n) is 3.65. The second kappa shape index (κ2) is 10.1. The summed E-state index contributed by atoms with van der Waals surface area (Å²) in [4.78, 5) is 62.7. The molecule has 1 heterocycles. The fraction of sp³-hybridized carbons (Fsp3) is 0.115. The number of hydrogen-bond donors (Lipinski definition) is 2. The molecule has 1 aliphatic heterocycles. The van der Waals surface area contributed by atoms with Gasteiger partial charge in [-0.2, -0.15) is 0 Å². The van der Waals surface area contributed by atoms with Gasteiger partial charge in [0.25, 0.3) is 17.7 Å². The number of benzene rings is 3. The molecule has 0 atom stereocenters. The first-order valence-electron chi connectivity index (χ1n) is 10.8. The van der Waals surface area contributed by atoms with Crippen LogP contribution in [0.4, 0.5) is 17.1 Å². The summed E-state index contributed by atoms with van der Waals surface area (Å²) in [5.41, 5.74) is 1.45. The monoisotopic (exact) mass is 487 g/mol. The standard InChI is InChI=1S/C26H21N3O7/c1-15(30)27-17-8-10-18(11-9-17)29-24(32)19-12-7-16(13-20(19)25(29)33)26(34)36-14-23(31)28-21-5-3-4-6-22(21)35-2/h3-13H,14H2,1-2H3,(H,27,30)(H,28,31). The fourth-order valence-corrected chi connectivity index (χ4v) is 3.65. The van der Waals surface area contributed by atoms with Crippen LogP contribution in [-0.2, 0) is 14.3 Å². The Balaban J connectivity index is 1.44. The predicted molar refractivity (Wildman–Crippen MR) is 130 cm³/mol. The molecule has 3 aromatic carbocycles. The quantitative estimate of drug-likeness (QED) is 0.386. The van der Waals surface area contributed by atoms with Crippen molar-refractivity contribution in [2.45, 2.75) is 6.92 Å². The van der Waals surface area contributed by atoms with Crippen molar-refractivity contribution in [3.8, 4) is 5.75 Å². The maximum atomic E-state index is 13.0. The number of nitrogens with zero attached hydrogens (tertiary/aromatic N) is 1. The maximum absolute atomic E-state index is 13.0. The molecule has 0 aromatic heterocycles. The van der Waals surface area contributed by atoms with Crippen LogP contribution in [0, 0.1) is 0 Å². The van der Waals surface area contributed by atoms with Gasteiger partial charge in [-0.05, 0) is 54.6 Å². The molecular formula is C26H21N3O7. The molecule has 0 aliphatic carbocycles. The molecule has 1 aliphatic rings. The lowest BCUT2D eigenvalue weighted by Gasteiger charge is -2.14. The van der Waals surface area contributed by atoms with Crippen LogP contribution in [0.15, 0.2) is 66.7 Å². The summed E-state index contributed by atoms with van der Waals surface area (Å²) in [6.45, 7) is 0.807. The SMILES string of the molecule is COc1ccccc1NC(=O)COC(=O)c1ccc2c(c1)C(=O)N(c1ccc(NC(C)=O)cc1)C2=O. The molecule has 10 nitrogen and oxygen atoms in total. The largest absolute Gasteiger partial charge is 0.495 e. The molecule has 182 valence electrons. The van der Waals surface area contributed by atoms with Gasteiger partial charge < -0.3 is 20.1 Å². The zero-order valence-electron chi connectivity index (χ0n) is 19.4. The van der Waals surface area contributed by atoms with E-state index in [1.807, 2.05) is 0 Å². The zero-order chi connectivity index (χ0) is 25.8. The summed E-state index contributed by atoms with van der Waals surface area (Å²) < 4.78 is 10.2. The van der Waals surface area contributed by atoms with Gasteiger partial charge in [-0.1, -0.05) is 12.1 Å². The second-order valence-electron chi connectivity index (χ2n) is 7.76. The highest BCUT2D eigenvalue weighted by atomic mass is 16.5. The molecule has 0 spiro atoms. The highest BCUT2D eigenvalue weighted by Gasteiger charge is 2.37. The van der Waals surface area contributed by atoms with E-state index in [0.717, 1.165) is 4.90 Å². The summed E-state index contributed by atoms with van der Waals surface area (Å²) in [6, 6.07) is 17.0. The van der Waals surface area contributed by atoms with Gasteiger partial charge in [0, 0.05) is 12.6 Å². The molecule has 0 bridgehead atoms. The first-order valence-corrected chi connectivity index (χ1v) is 10.8. The number of methoxy groups -OCH3 is 1. The normalized spacial score (nSPS) is 12.1. The van der Waals surface area contributed by atoms with E-state index in [4.69, 9.17) is 9.47 Å². The molecule has 0 saturated heterocycles. The number of nitrogens with one attached hydrogen (secondary N) is 2. The molecule has 3 aromatic rings. The van der Waals surface area contributed by atoms with Crippen LogP contribution < -0.4 is 20.3 Å². The molecule has 0 saturated carbocycles. The van der Waals surface area contributed by atoms with E-state index in [1.165, 1.54) is 44.4 Å². The van der Waals surface area contributed by atoms with Crippen LogP contribution in [0.25, 0.3) is 0 Å². The number of carbonyl (C=O) groups excluding carboxylic acids is 5. The molecule has 36 heavy (non-hydrogen) atoms. The maximum Gasteiger partial charge on any atom is 0.338 e. The molecule has 2 N–H and O–H groups in total. The Morgan fingerprint density at radius 2 is 1.56 bits per heavy atom. The van der Waals surface area contributed by atoms with Gasteiger partial charge in [0.05, 0.1) is 35.2 Å². The van der Waals surface area contributed by atoms with Crippen LogP contribution in [0.3, 0.4) is 0 Å². The summed E-state index contributed by atoms with van der Waals surface area (Å²) in [5, 5.41) is 5.20. The third kappa shape index (κ3) is 4.92. The van der Waals surface area contributed by atoms with Gasteiger partial charge in [-0.3, -0.25) is 19.2 Å². The van der Waals surface area contributed by atoms with E-state index in [-0.39, 0.29) is 22.6 Å². The number of rotatable bonds is 7. The van der Waals surface area contributed by atoms with Gasteiger partial charge in [0.15, 0.2) is 6.61 Å². The van der Waals surface area contributed by atoms with Crippen LogP contribution in [-0.4, -0.2) is 43.3 Å². The minimum Gasteiger partial charge on any atom is -0.495 e. The number of esters is 1. The Hall–Kier alpha value is -4.99. The van der Waals surface area contributed by atoms with E-state index >= 15 is 0 Å². The third-order valence-electron chi connectivity index (χ3n) is 5.28. The first-order chi connectivity index (χ1) is 17.3. The molecule has 0 unspecified atom stereocenters. The summed E-state index contributed by atoms with van der Waals surface area (Å²) in [7, 11) is 1.47. The summed E-state index contributed by atoms with van der Waals surface area (Å²) >= 11 is 0. The average Bonchev–Trinajstić information content (AvgIpc) is 3.12. The van der Waals surface area contributed by atoms with Crippen molar-refractivity contribution < 1.29 is 33.4 Å². The predicted octanol–water partition coefficient (Wildman–Crippen LogP) is 3.25. The topological polar surface area (TPSA) is 131 Å². The van der Waals surface area contributed by atoms with Crippen molar-refractivity contribution in [2.24, 2.45) is 0 Å². The number of hydrogen-bond acceptors (Lipinski definition) is 7. The van der Waals surface area contributed by atoms with Crippen LogP contribution in [0.5, 0.6) is 5.75 Å². The van der Waals surface area contributed by atoms with Crippen molar-refractivity contribution in [1.82, 2.24) is 0 Å². The smallest absolute Gasteiger partial charge is 0.338 e. The lowest BCUT2D eigenvalue weighted by molar-refractivity contribution is -0.119. The first kappa shape index (κ1) is 24.1. The van der Waals surface area contributed by atoms with E-state index in [0.29, 0.717) is 22.8 Å². The number of imide groups is 1. The van der Waals surface area contributed by atoms with Crippen LogP contribution in [0.1, 0.15) is 38.0 Å². The number of para-hydroxylation sites is 2. The lowest BCUT2D eigenvalue weighted by Crippen LogP contribution is -2.29. The van der Waals surface area contributed by atoms with E-state index in [1.54, 1.807) is 36.4 Å². The van der Waals surface area contributed by atoms with Crippen molar-refractivity contribution in [3.05, 3.63) is 83.4 Å². The van der Waals surface area contributed by atoms with Gasteiger partial charge >= 0.3 is 5.97 Å². The molecule has 0 fully saturated rings. The van der Waals surface area contributed by atoms with E-state index in [2.05, 4.69) is 10.6 Å². The van der Waals surface area contributed by atoms with Gasteiger partial charge in [-0.25, -0.2) is 9.69 Å². The van der Waals surface area contributed by atoms with Crippen molar-refractivity contribution in [3.63, 3.8) is 0 Å². The number of anilines is 3. The van der Waals surface area contributed by atoms with Gasteiger partial charge in [-0.15, -0.1) is 0 Å². The van der Waals surface area contributed by atoms with Crippen molar-refractivity contribution >= 4 is 46.7 Å². The highest BCUT2D eigenvalue weighted by Crippen LogP contribution is 2.30.